The molecular weight excluding hydrogens is 409 g/mol. The Kier molecular flexibility index (Phi) is 6.99. The lowest BCUT2D eigenvalue weighted by molar-refractivity contribution is -0.192. The van der Waals surface area contributed by atoms with Gasteiger partial charge in [0.2, 0.25) is 0 Å². The van der Waals surface area contributed by atoms with Gasteiger partial charge >= 0.3 is 18.2 Å². The van der Waals surface area contributed by atoms with Crippen LogP contribution in [-0.2, 0) is 4.79 Å². The second-order valence-electron chi connectivity index (χ2n) is 7.80. The largest absolute Gasteiger partial charge is 0.490 e. The highest BCUT2D eigenvalue weighted by Crippen LogP contribution is 2.37. The molecule has 2 saturated carbocycles. The number of carbonyl (C=O) groups is 2. The minimum atomic E-state index is -5.08. The zero-order chi connectivity index (χ0) is 21.0. The molecule has 1 saturated heterocycles. The first-order chi connectivity index (χ1) is 13.7. The normalized spacial score (nSPS) is 26.5. The highest BCUT2D eigenvalue weighted by molar-refractivity contribution is 7.13. The third-order valence-corrected chi connectivity index (χ3v) is 6.57. The predicted octanol–water partition coefficient (Wildman–Crippen LogP) is 3.55. The van der Waals surface area contributed by atoms with Gasteiger partial charge < -0.3 is 15.7 Å². The van der Waals surface area contributed by atoms with Gasteiger partial charge in [-0.25, -0.2) is 14.6 Å². The topological polar surface area (TPSA) is 103 Å². The number of carbonyl (C=O) groups excluding carboxylic acids is 1. The van der Waals surface area contributed by atoms with E-state index in [0.29, 0.717) is 12.0 Å². The van der Waals surface area contributed by atoms with Gasteiger partial charge in [0.25, 0.3) is 0 Å². The first-order valence-electron chi connectivity index (χ1n) is 9.76. The van der Waals surface area contributed by atoms with Crippen molar-refractivity contribution in [3.8, 4) is 0 Å². The molecule has 3 unspecified atom stereocenters. The van der Waals surface area contributed by atoms with Crippen molar-refractivity contribution in [3.63, 3.8) is 0 Å². The molecule has 162 valence electrons. The van der Waals surface area contributed by atoms with Crippen molar-refractivity contribution >= 4 is 28.5 Å². The minimum absolute atomic E-state index is 0.0936. The molecule has 4 rings (SSSR count). The number of nitrogens with one attached hydrogen (secondary N) is 3. The average Bonchev–Trinajstić information content (AvgIpc) is 3.22. The van der Waals surface area contributed by atoms with E-state index in [4.69, 9.17) is 9.90 Å². The van der Waals surface area contributed by atoms with Crippen LogP contribution in [-0.4, -0.2) is 47.4 Å². The van der Waals surface area contributed by atoms with Crippen molar-refractivity contribution < 1.29 is 27.9 Å². The van der Waals surface area contributed by atoms with Crippen molar-refractivity contribution in [2.24, 2.45) is 11.8 Å². The summed E-state index contributed by atoms with van der Waals surface area (Å²) >= 11 is 1.54. The first-order valence-corrected chi connectivity index (χ1v) is 10.6. The predicted molar refractivity (Wildman–Crippen MR) is 102 cm³/mol. The fraction of sp³-hybridized carbons (Fsp3) is 0.722. The number of alkyl halides is 3. The molecule has 11 heteroatoms. The summed E-state index contributed by atoms with van der Waals surface area (Å²) in [6, 6.07) is 0.219. The number of nitrogens with zero attached hydrogens (tertiary/aromatic N) is 1. The quantitative estimate of drug-likeness (QED) is 0.583. The van der Waals surface area contributed by atoms with Gasteiger partial charge in [0, 0.05) is 17.3 Å². The highest BCUT2D eigenvalue weighted by atomic mass is 32.1. The maximum Gasteiger partial charge on any atom is 0.490 e. The Morgan fingerprint density at radius 1 is 1.17 bits per heavy atom. The number of carboxylic acids is 1. The third kappa shape index (κ3) is 6.05. The van der Waals surface area contributed by atoms with E-state index in [0.717, 1.165) is 48.6 Å². The van der Waals surface area contributed by atoms with Crippen LogP contribution in [0.15, 0.2) is 5.38 Å². The van der Waals surface area contributed by atoms with E-state index >= 15 is 0 Å². The maximum absolute atomic E-state index is 12.2. The number of fused-ring (bicyclic) bond motifs is 1. The summed E-state index contributed by atoms with van der Waals surface area (Å²) in [7, 11) is 0. The molecule has 0 bridgehead atoms. The smallest absolute Gasteiger partial charge is 0.475 e. The number of urea groups is 1. The maximum atomic E-state index is 12.2. The summed E-state index contributed by atoms with van der Waals surface area (Å²) in [4.78, 5) is 25.6. The summed E-state index contributed by atoms with van der Waals surface area (Å²) in [5.74, 6) is -0.568. The lowest BCUT2D eigenvalue weighted by atomic mass is 9.79. The number of carboxylic acid groups (broad SMARTS) is 1. The van der Waals surface area contributed by atoms with E-state index in [9.17, 15) is 18.0 Å². The molecule has 1 aromatic rings. The van der Waals surface area contributed by atoms with Gasteiger partial charge in [-0.05, 0) is 57.0 Å². The van der Waals surface area contributed by atoms with Crippen molar-refractivity contribution in [1.29, 1.82) is 0 Å². The molecule has 3 fully saturated rings. The van der Waals surface area contributed by atoms with E-state index in [2.05, 4.69) is 26.3 Å². The Labute approximate surface area is 170 Å². The molecule has 0 radical (unpaired) electrons. The number of rotatable bonds is 3. The van der Waals surface area contributed by atoms with Crippen molar-refractivity contribution in [1.82, 2.24) is 15.6 Å². The third-order valence-electron chi connectivity index (χ3n) is 5.80. The number of aromatic nitrogens is 1. The molecule has 3 aliphatic rings. The molecule has 29 heavy (non-hydrogen) atoms. The van der Waals surface area contributed by atoms with Crippen LogP contribution in [0.4, 0.5) is 23.1 Å². The highest BCUT2D eigenvalue weighted by Gasteiger charge is 2.38. The summed E-state index contributed by atoms with van der Waals surface area (Å²) in [6.45, 7) is 2.27. The van der Waals surface area contributed by atoms with E-state index in [-0.39, 0.29) is 6.03 Å². The van der Waals surface area contributed by atoms with Crippen LogP contribution >= 0.6 is 11.3 Å². The minimum Gasteiger partial charge on any atom is -0.475 e. The molecular formula is C18H25F3N4O3S. The van der Waals surface area contributed by atoms with Gasteiger partial charge in [0.15, 0.2) is 5.13 Å². The van der Waals surface area contributed by atoms with Crippen molar-refractivity contribution in [3.05, 3.63) is 11.1 Å². The van der Waals surface area contributed by atoms with Crippen LogP contribution < -0.4 is 16.0 Å². The Morgan fingerprint density at radius 2 is 1.86 bits per heavy atom. The molecule has 0 aromatic carbocycles. The molecule has 2 aliphatic carbocycles. The van der Waals surface area contributed by atoms with Crippen LogP contribution in [0, 0.1) is 11.8 Å². The number of amides is 2. The number of anilines is 1. The number of aliphatic carboxylic acids is 1. The zero-order valence-electron chi connectivity index (χ0n) is 15.8. The van der Waals surface area contributed by atoms with Crippen LogP contribution in [0.25, 0.3) is 0 Å². The number of hydrogen-bond donors (Lipinski definition) is 4. The Bertz CT molecular complexity index is 723. The summed E-state index contributed by atoms with van der Waals surface area (Å²) in [6.07, 6.45) is 2.15. The van der Waals surface area contributed by atoms with Crippen LogP contribution in [0.3, 0.4) is 0 Å². The molecule has 7 nitrogen and oxygen atoms in total. The molecule has 1 aliphatic heterocycles. The second kappa shape index (κ2) is 9.29. The monoisotopic (exact) mass is 434 g/mol. The van der Waals surface area contributed by atoms with Crippen LogP contribution in [0.5, 0.6) is 0 Å². The Hall–Kier alpha value is -1.88. The standard InChI is InChI=1S/C16H24N4OS.C2HF3O2/c21-15(18-13-5-4-11-7-17-8-12(11)6-13)20-16-19-14(9-22-16)10-2-1-3-10;3-2(4,5)1(6)7/h9-13,17H,1-8H2,(H2,18,19,20,21);(H,6,7). The van der Waals surface area contributed by atoms with Gasteiger partial charge in [-0.1, -0.05) is 6.42 Å². The SMILES string of the molecule is O=C(Nc1nc(C2CCC2)cs1)NC1CCC2CNCC2C1.O=C(O)C(F)(F)F. The first kappa shape index (κ1) is 21.8. The number of thiazole rings is 1. The van der Waals surface area contributed by atoms with Gasteiger partial charge in [0.1, 0.15) is 0 Å². The lowest BCUT2D eigenvalue weighted by Gasteiger charge is -2.31. The van der Waals surface area contributed by atoms with Gasteiger partial charge in [-0.15, -0.1) is 11.3 Å². The van der Waals surface area contributed by atoms with Gasteiger partial charge in [-0.3, -0.25) is 5.32 Å². The molecule has 3 atom stereocenters. The molecule has 2 amide bonds. The Balaban J connectivity index is 0.000000298. The number of hydrogen-bond acceptors (Lipinski definition) is 5. The molecule has 1 aromatic heterocycles. The van der Waals surface area contributed by atoms with E-state index in [1.807, 2.05) is 0 Å². The molecule has 0 spiro atoms. The number of halogens is 3. The fourth-order valence-electron chi connectivity index (χ4n) is 3.98. The van der Waals surface area contributed by atoms with Crippen LogP contribution in [0.2, 0.25) is 0 Å². The van der Waals surface area contributed by atoms with E-state index < -0.39 is 12.1 Å². The van der Waals surface area contributed by atoms with Crippen molar-refractivity contribution in [2.45, 2.75) is 56.7 Å². The van der Waals surface area contributed by atoms with Crippen LogP contribution in [0.1, 0.15) is 50.1 Å². The lowest BCUT2D eigenvalue weighted by Crippen LogP contribution is -2.42. The summed E-state index contributed by atoms with van der Waals surface area (Å²) in [5.41, 5.74) is 1.16. The van der Waals surface area contributed by atoms with Gasteiger partial charge in [0.05, 0.1) is 5.69 Å². The molecule has 4 N–H and O–H groups in total. The summed E-state index contributed by atoms with van der Waals surface area (Å²) in [5, 5.41) is 19.5. The summed E-state index contributed by atoms with van der Waals surface area (Å²) < 4.78 is 31.7. The second-order valence-corrected chi connectivity index (χ2v) is 8.65. The van der Waals surface area contributed by atoms with Gasteiger partial charge in [-0.2, -0.15) is 13.2 Å². The Morgan fingerprint density at radius 3 is 2.48 bits per heavy atom. The fourth-order valence-corrected chi connectivity index (χ4v) is 4.77. The molecule has 2 heterocycles. The van der Waals surface area contributed by atoms with Crippen molar-refractivity contribution in [2.75, 3.05) is 18.4 Å². The van der Waals surface area contributed by atoms with E-state index in [1.54, 1.807) is 0 Å². The van der Waals surface area contributed by atoms with E-state index in [1.165, 1.54) is 37.0 Å². The zero-order valence-corrected chi connectivity index (χ0v) is 16.6. The average molecular weight is 434 g/mol.